The van der Waals surface area contributed by atoms with Crippen LogP contribution in [0, 0.1) is 17.8 Å². The van der Waals surface area contributed by atoms with E-state index in [4.69, 9.17) is 4.98 Å². The Balaban J connectivity index is 1.29. The fourth-order valence-electron chi connectivity index (χ4n) is 8.35. The van der Waals surface area contributed by atoms with Crippen LogP contribution >= 0.6 is 0 Å². The molecule has 2 aliphatic heterocycles. The minimum Gasteiger partial charge on any atom is -0.326 e. The fraction of sp³-hybridized carbons (Fsp3) is 0.600. The summed E-state index contributed by atoms with van der Waals surface area (Å²) in [6.45, 7) is 1.11. The van der Waals surface area contributed by atoms with E-state index in [1.807, 2.05) is 24.3 Å². The van der Waals surface area contributed by atoms with E-state index in [0.717, 1.165) is 41.9 Å². The van der Waals surface area contributed by atoms with Crippen molar-refractivity contribution in [3.63, 3.8) is 0 Å². The largest absolute Gasteiger partial charge is 0.326 e. The van der Waals surface area contributed by atoms with Gasteiger partial charge in [0.2, 0.25) is 0 Å². The molecule has 3 saturated carbocycles. The monoisotopic (exact) mass is 499 g/mol. The summed E-state index contributed by atoms with van der Waals surface area (Å²) >= 11 is 0. The van der Waals surface area contributed by atoms with Crippen LogP contribution in [0.4, 0.5) is 0 Å². The van der Waals surface area contributed by atoms with Gasteiger partial charge in [0.15, 0.2) is 5.69 Å². The van der Waals surface area contributed by atoms with Crippen LogP contribution in [0.3, 0.4) is 0 Å². The first kappa shape index (κ1) is 23.3. The molecule has 1 aromatic carbocycles. The molecule has 5 fully saturated rings. The van der Waals surface area contributed by atoms with Crippen molar-refractivity contribution >= 4 is 11.0 Å². The predicted octanol–water partition coefficient (Wildman–Crippen LogP) is 4.92. The Morgan fingerprint density at radius 1 is 0.865 bits per heavy atom. The molecule has 3 aromatic rings. The van der Waals surface area contributed by atoms with E-state index in [-0.39, 0.29) is 17.2 Å². The summed E-state index contributed by atoms with van der Waals surface area (Å²) in [5.74, 6) is 2.31. The normalized spacial score (nSPS) is 32.2. The molecule has 0 radical (unpaired) electrons. The number of fused-ring (bicyclic) bond motifs is 8. The average molecular weight is 500 g/mol. The van der Waals surface area contributed by atoms with Crippen LogP contribution in [0.1, 0.15) is 76.7 Å². The number of piperidine rings is 1. The van der Waals surface area contributed by atoms with Crippen molar-refractivity contribution in [1.29, 1.82) is 0 Å². The third-order valence-corrected chi connectivity index (χ3v) is 9.95. The van der Waals surface area contributed by atoms with Crippen molar-refractivity contribution in [2.75, 3.05) is 6.54 Å². The highest BCUT2D eigenvalue weighted by atomic mass is 16.1. The number of hydrogen-bond donors (Lipinski definition) is 1. The van der Waals surface area contributed by atoms with Gasteiger partial charge in [-0.25, -0.2) is 9.97 Å². The molecule has 4 bridgehead atoms. The van der Waals surface area contributed by atoms with Gasteiger partial charge >= 0.3 is 0 Å². The third-order valence-electron chi connectivity index (χ3n) is 9.95. The van der Waals surface area contributed by atoms with Crippen molar-refractivity contribution in [2.45, 2.75) is 88.8 Å². The molecule has 3 aliphatic carbocycles. The average Bonchev–Trinajstić information content (AvgIpc) is 2.89. The molecule has 4 heterocycles. The van der Waals surface area contributed by atoms with E-state index in [9.17, 15) is 9.59 Å². The van der Waals surface area contributed by atoms with E-state index >= 15 is 0 Å². The van der Waals surface area contributed by atoms with Gasteiger partial charge < -0.3 is 9.55 Å². The Hall–Kier alpha value is -2.80. The maximum atomic E-state index is 14.1. The molecule has 194 valence electrons. The number of aromatic amines is 1. The van der Waals surface area contributed by atoms with E-state index in [0.29, 0.717) is 23.3 Å². The van der Waals surface area contributed by atoms with Crippen molar-refractivity contribution < 1.29 is 0 Å². The van der Waals surface area contributed by atoms with Crippen LogP contribution < -0.4 is 11.1 Å². The standard InChI is InChI=1S/C30H37N5O2/c36-28-17-31-25(16-32-28)29-30(37)35(26-11-4-3-10-24(26)33-29)27-15-22-9-2-1-8-21(27)18-34(22)23-13-19-6-5-7-20(12-19)14-23/h3-4,10-11,16-17,19-23,27H,1-2,5-9,12-15,18H2,(H,32,36)/t19-,20+,21?,22-,23?,27+/m1/s1. The summed E-state index contributed by atoms with van der Waals surface area (Å²) in [6.07, 6.45) is 17.2. The van der Waals surface area contributed by atoms with Gasteiger partial charge in [-0.05, 0) is 68.4 Å². The lowest BCUT2D eigenvalue weighted by atomic mass is 9.68. The highest BCUT2D eigenvalue weighted by Gasteiger charge is 2.44. The maximum Gasteiger partial charge on any atom is 0.279 e. The second-order valence-corrected chi connectivity index (χ2v) is 12.1. The Kier molecular flexibility index (Phi) is 5.99. The molecule has 37 heavy (non-hydrogen) atoms. The molecule has 2 saturated heterocycles. The molecule has 2 aromatic heterocycles. The van der Waals surface area contributed by atoms with Gasteiger partial charge in [-0.2, -0.15) is 0 Å². The van der Waals surface area contributed by atoms with Crippen LogP contribution in [0.25, 0.3) is 22.4 Å². The Morgan fingerprint density at radius 3 is 2.49 bits per heavy atom. The number of hydrogen-bond acceptors (Lipinski definition) is 5. The summed E-state index contributed by atoms with van der Waals surface area (Å²) < 4.78 is 2.06. The molecule has 8 rings (SSSR count). The van der Waals surface area contributed by atoms with Crippen LogP contribution in [-0.4, -0.2) is 43.0 Å². The third kappa shape index (κ3) is 4.25. The van der Waals surface area contributed by atoms with Crippen molar-refractivity contribution in [3.05, 3.63) is 57.4 Å². The number of aromatic nitrogens is 4. The second-order valence-electron chi connectivity index (χ2n) is 12.1. The SMILES string of the molecule is O=c1cnc(-c2nc3ccccc3n([C@H]3C[C@H]4CCCCC3CN4C3C[C@H]4CCC[C@@H](C3)C4)c2=O)c[nH]1. The number of benzene rings is 1. The number of para-hydroxylation sites is 2. The molecule has 7 nitrogen and oxygen atoms in total. The fourth-order valence-corrected chi connectivity index (χ4v) is 8.35. The molecule has 0 spiro atoms. The molecule has 1 N–H and O–H groups in total. The molecule has 7 heteroatoms. The Labute approximate surface area is 217 Å². The van der Waals surface area contributed by atoms with Gasteiger partial charge in [0.05, 0.1) is 17.2 Å². The van der Waals surface area contributed by atoms with Crippen LogP contribution in [-0.2, 0) is 0 Å². The quantitative estimate of drug-likeness (QED) is 0.553. The van der Waals surface area contributed by atoms with Gasteiger partial charge in [0.25, 0.3) is 11.1 Å². The van der Waals surface area contributed by atoms with Gasteiger partial charge in [-0.3, -0.25) is 14.5 Å². The Bertz CT molecular complexity index is 1380. The minimum atomic E-state index is -0.283. The first-order valence-electron chi connectivity index (χ1n) is 14.5. The summed E-state index contributed by atoms with van der Waals surface area (Å²) in [4.78, 5) is 40.3. The highest BCUT2D eigenvalue weighted by molar-refractivity contribution is 5.77. The maximum absolute atomic E-state index is 14.1. The topological polar surface area (TPSA) is 83.9 Å². The van der Waals surface area contributed by atoms with Gasteiger partial charge in [0, 0.05) is 30.9 Å². The van der Waals surface area contributed by atoms with Gasteiger partial charge in [0.1, 0.15) is 5.69 Å². The van der Waals surface area contributed by atoms with Crippen molar-refractivity contribution in [2.24, 2.45) is 17.8 Å². The van der Waals surface area contributed by atoms with Gasteiger partial charge in [-0.15, -0.1) is 0 Å². The van der Waals surface area contributed by atoms with Crippen molar-refractivity contribution in [1.82, 2.24) is 24.4 Å². The molecular weight excluding hydrogens is 462 g/mol. The summed E-state index contributed by atoms with van der Waals surface area (Å²) in [5.41, 5.74) is 2.10. The minimum absolute atomic E-state index is 0.0896. The highest BCUT2D eigenvalue weighted by Crippen LogP contribution is 2.46. The number of nitrogens with zero attached hydrogens (tertiary/aromatic N) is 4. The predicted molar refractivity (Wildman–Crippen MR) is 144 cm³/mol. The summed E-state index contributed by atoms with van der Waals surface area (Å²) in [5, 5.41) is 0. The molecule has 2 unspecified atom stereocenters. The number of rotatable bonds is 3. The Morgan fingerprint density at radius 2 is 1.68 bits per heavy atom. The van der Waals surface area contributed by atoms with Crippen LogP contribution in [0.15, 0.2) is 46.2 Å². The first-order chi connectivity index (χ1) is 18.1. The molecule has 0 amide bonds. The van der Waals surface area contributed by atoms with E-state index in [2.05, 4.69) is 19.4 Å². The smallest absolute Gasteiger partial charge is 0.279 e. The van der Waals surface area contributed by atoms with E-state index in [1.165, 1.54) is 76.6 Å². The molecule has 6 atom stereocenters. The zero-order valence-electron chi connectivity index (χ0n) is 21.5. The van der Waals surface area contributed by atoms with Crippen LogP contribution in [0.2, 0.25) is 0 Å². The number of nitrogens with one attached hydrogen (secondary N) is 1. The second kappa shape index (κ2) is 9.50. The molecular formula is C30H37N5O2. The zero-order chi connectivity index (χ0) is 24.9. The lowest BCUT2D eigenvalue weighted by Crippen LogP contribution is -2.56. The number of H-pyrrole nitrogens is 1. The summed E-state index contributed by atoms with van der Waals surface area (Å²) in [7, 11) is 0. The van der Waals surface area contributed by atoms with Crippen LogP contribution in [0.5, 0.6) is 0 Å². The zero-order valence-corrected chi connectivity index (χ0v) is 21.5. The first-order valence-corrected chi connectivity index (χ1v) is 14.5. The van der Waals surface area contributed by atoms with Gasteiger partial charge in [-0.1, -0.05) is 44.2 Å². The lowest BCUT2D eigenvalue weighted by Gasteiger charge is -2.53. The molecule has 5 aliphatic rings. The van der Waals surface area contributed by atoms with E-state index in [1.54, 1.807) is 0 Å². The summed E-state index contributed by atoms with van der Waals surface area (Å²) in [6, 6.07) is 9.43. The van der Waals surface area contributed by atoms with Crippen molar-refractivity contribution in [3.8, 4) is 11.4 Å². The lowest BCUT2D eigenvalue weighted by molar-refractivity contribution is -0.0232. The van der Waals surface area contributed by atoms with E-state index < -0.39 is 0 Å².